The lowest BCUT2D eigenvalue weighted by Gasteiger charge is -2.38. The number of nitrogens with one attached hydrogen (secondary N) is 1. The Balaban J connectivity index is 2.15. The third kappa shape index (κ3) is 4.29. The summed E-state index contributed by atoms with van der Waals surface area (Å²) in [7, 11) is 5.19. The molecule has 172 valence electrons. The number of esters is 2. The van der Waals surface area contributed by atoms with Crippen LogP contribution in [0.4, 0.5) is 5.69 Å². The van der Waals surface area contributed by atoms with E-state index < -0.39 is 23.8 Å². The molecule has 32 heavy (non-hydrogen) atoms. The minimum absolute atomic E-state index is 0.209. The lowest BCUT2D eigenvalue weighted by atomic mass is 9.69. The zero-order valence-electron chi connectivity index (χ0n) is 19.7. The summed E-state index contributed by atoms with van der Waals surface area (Å²) in [5.41, 5.74) is 4.09. The maximum atomic E-state index is 13.6. The zero-order chi connectivity index (χ0) is 23.6. The van der Waals surface area contributed by atoms with Gasteiger partial charge in [-0.2, -0.15) is 0 Å². The summed E-state index contributed by atoms with van der Waals surface area (Å²) in [5.74, 6) is -3.01. The molecule has 3 rings (SSSR count). The minimum Gasteiger partial charge on any atom is -0.468 e. The fourth-order valence-corrected chi connectivity index (χ4v) is 4.52. The first-order chi connectivity index (χ1) is 15.2. The Hall–Kier alpha value is -3.09. The zero-order valence-corrected chi connectivity index (χ0v) is 19.7. The van der Waals surface area contributed by atoms with Gasteiger partial charge in [0.1, 0.15) is 5.92 Å². The van der Waals surface area contributed by atoms with Crippen molar-refractivity contribution >= 4 is 23.4 Å². The van der Waals surface area contributed by atoms with Crippen molar-refractivity contribution < 1.29 is 23.9 Å². The number of ether oxygens (including phenoxy) is 2. The van der Waals surface area contributed by atoms with Crippen LogP contribution >= 0.6 is 0 Å². The number of hydrogen-bond donors (Lipinski definition) is 1. The Morgan fingerprint density at radius 2 is 1.84 bits per heavy atom. The summed E-state index contributed by atoms with van der Waals surface area (Å²) in [6.07, 6.45) is 1.21. The first-order valence-electron chi connectivity index (χ1n) is 11.0. The van der Waals surface area contributed by atoms with E-state index in [1.54, 1.807) is 0 Å². The van der Waals surface area contributed by atoms with Gasteiger partial charge in [0.05, 0.1) is 19.3 Å². The van der Waals surface area contributed by atoms with Crippen LogP contribution < -0.4 is 10.2 Å². The quantitative estimate of drug-likeness (QED) is 0.537. The number of nitrogens with zero attached hydrogens (tertiary/aromatic N) is 1. The monoisotopic (exact) mass is 440 g/mol. The summed E-state index contributed by atoms with van der Waals surface area (Å²) in [6, 6.07) is 7.76. The van der Waals surface area contributed by atoms with Crippen molar-refractivity contribution in [1.82, 2.24) is 5.32 Å². The van der Waals surface area contributed by atoms with E-state index in [0.29, 0.717) is 36.3 Å². The highest BCUT2D eigenvalue weighted by Gasteiger charge is 2.47. The van der Waals surface area contributed by atoms with Gasteiger partial charge in [-0.25, -0.2) is 4.79 Å². The van der Waals surface area contributed by atoms with Crippen LogP contribution in [0.15, 0.2) is 46.8 Å². The summed E-state index contributed by atoms with van der Waals surface area (Å²) < 4.78 is 10.4. The van der Waals surface area contributed by atoms with E-state index in [4.69, 9.17) is 9.47 Å². The molecule has 1 aliphatic heterocycles. The van der Waals surface area contributed by atoms with Crippen molar-refractivity contribution in [3.63, 3.8) is 0 Å². The second-order valence-corrected chi connectivity index (χ2v) is 8.66. The molecule has 7 nitrogen and oxygen atoms in total. The Morgan fingerprint density at radius 3 is 2.41 bits per heavy atom. The van der Waals surface area contributed by atoms with Crippen molar-refractivity contribution in [3.05, 3.63) is 52.4 Å². The molecule has 0 bridgehead atoms. The number of carbonyl (C=O) groups is 3. The minimum atomic E-state index is -0.893. The van der Waals surface area contributed by atoms with Crippen molar-refractivity contribution in [1.29, 1.82) is 0 Å². The van der Waals surface area contributed by atoms with Crippen LogP contribution in [0, 0.1) is 11.8 Å². The second kappa shape index (κ2) is 9.59. The van der Waals surface area contributed by atoms with Gasteiger partial charge in [-0.15, -0.1) is 0 Å². The molecule has 0 aromatic heterocycles. The van der Waals surface area contributed by atoms with Gasteiger partial charge in [-0.1, -0.05) is 26.0 Å². The number of benzene rings is 1. The largest absolute Gasteiger partial charge is 0.468 e. The van der Waals surface area contributed by atoms with Crippen molar-refractivity contribution in [2.45, 2.75) is 39.5 Å². The van der Waals surface area contributed by atoms with E-state index >= 15 is 0 Å². The number of dihydropyridines is 1. The first kappa shape index (κ1) is 23.6. The molecule has 0 saturated heterocycles. The van der Waals surface area contributed by atoms with Crippen LogP contribution in [0.25, 0.3) is 0 Å². The topological polar surface area (TPSA) is 84.9 Å². The van der Waals surface area contributed by atoms with E-state index in [1.807, 2.05) is 64.0 Å². The van der Waals surface area contributed by atoms with Crippen LogP contribution in [0.3, 0.4) is 0 Å². The number of ketones is 1. The maximum Gasteiger partial charge on any atom is 0.336 e. The lowest BCUT2D eigenvalue weighted by molar-refractivity contribution is -0.151. The number of Topliss-reactive ketones (excluding diaryl/α,β-unsaturated/α-hetero) is 1. The molecular formula is C25H32N2O5. The Labute approximate surface area is 189 Å². The molecule has 1 heterocycles. The average Bonchev–Trinajstić information content (AvgIpc) is 2.76. The van der Waals surface area contributed by atoms with Gasteiger partial charge < -0.3 is 19.7 Å². The number of allylic oxidation sites excluding steroid dienone is 3. The second-order valence-electron chi connectivity index (χ2n) is 8.66. The molecule has 0 saturated carbocycles. The highest BCUT2D eigenvalue weighted by molar-refractivity contribution is 6.12. The first-order valence-corrected chi connectivity index (χ1v) is 11.0. The maximum absolute atomic E-state index is 13.6. The third-order valence-electron chi connectivity index (χ3n) is 6.14. The summed E-state index contributed by atoms with van der Waals surface area (Å²) in [6.45, 7) is 5.92. The van der Waals surface area contributed by atoms with Crippen LogP contribution in [-0.4, -0.2) is 45.5 Å². The molecule has 0 unspecified atom stereocenters. The van der Waals surface area contributed by atoms with E-state index in [9.17, 15) is 14.4 Å². The van der Waals surface area contributed by atoms with Gasteiger partial charge in [0.15, 0.2) is 5.78 Å². The predicted octanol–water partition coefficient (Wildman–Crippen LogP) is 3.32. The summed E-state index contributed by atoms with van der Waals surface area (Å²) in [5, 5.41) is 3.27. The normalized spacial score (nSPS) is 22.8. The molecule has 7 heteroatoms. The fourth-order valence-electron chi connectivity index (χ4n) is 4.52. The average molecular weight is 441 g/mol. The fraction of sp³-hybridized carbons (Fsp3) is 0.480. The molecule has 0 radical (unpaired) electrons. The van der Waals surface area contributed by atoms with E-state index in [-0.39, 0.29) is 11.7 Å². The van der Waals surface area contributed by atoms with Gasteiger partial charge in [0.25, 0.3) is 0 Å². The molecule has 3 atom stereocenters. The van der Waals surface area contributed by atoms with Crippen LogP contribution in [0.2, 0.25) is 0 Å². The molecule has 1 N–H and O–H groups in total. The lowest BCUT2D eigenvalue weighted by Crippen LogP contribution is -2.43. The highest BCUT2D eigenvalue weighted by atomic mass is 16.5. The van der Waals surface area contributed by atoms with E-state index in [0.717, 1.165) is 16.9 Å². The smallest absolute Gasteiger partial charge is 0.336 e. The van der Waals surface area contributed by atoms with Crippen molar-refractivity contribution in [3.8, 4) is 0 Å². The number of hydrogen-bond acceptors (Lipinski definition) is 7. The Morgan fingerprint density at radius 1 is 1.19 bits per heavy atom. The van der Waals surface area contributed by atoms with Gasteiger partial charge in [-0.05, 0) is 43.4 Å². The van der Waals surface area contributed by atoms with Gasteiger partial charge in [0, 0.05) is 42.7 Å². The molecule has 1 aromatic carbocycles. The van der Waals surface area contributed by atoms with Gasteiger partial charge in [-0.3, -0.25) is 9.59 Å². The molecule has 2 aliphatic rings. The molecule has 0 fully saturated rings. The molecular weight excluding hydrogens is 408 g/mol. The Bertz CT molecular complexity index is 975. The highest BCUT2D eigenvalue weighted by Crippen LogP contribution is 2.45. The number of methoxy groups -OCH3 is 1. The predicted molar refractivity (Wildman–Crippen MR) is 122 cm³/mol. The molecule has 0 amide bonds. The standard InChI is InChI=1S/C25H32N2O5/c1-7-12-32-25(30)20-15(3)26-18-13-14(2)19(24(29)31-6)23(28)22(18)21(20)16-8-10-17(11-9-16)27(4)5/h8-11,14,19,21,26H,7,12-13H2,1-6H3/t14-,19-,21+/m0/s1. The van der Waals surface area contributed by atoms with Crippen molar-refractivity contribution in [2.24, 2.45) is 11.8 Å². The van der Waals surface area contributed by atoms with Gasteiger partial charge in [0.2, 0.25) is 0 Å². The summed E-state index contributed by atoms with van der Waals surface area (Å²) >= 11 is 0. The number of carbonyl (C=O) groups excluding carboxylic acids is 3. The molecule has 1 aromatic rings. The van der Waals surface area contributed by atoms with Crippen molar-refractivity contribution in [2.75, 3.05) is 32.7 Å². The SMILES string of the molecule is CCCOC(=O)C1=C(C)NC2=C(C(=O)[C@@H](C(=O)OC)[C@@H](C)C2)[C@@H]1c1ccc(N(C)C)cc1. The number of rotatable bonds is 6. The van der Waals surface area contributed by atoms with E-state index in [1.165, 1.54) is 7.11 Å². The summed E-state index contributed by atoms with van der Waals surface area (Å²) in [4.78, 5) is 41.2. The van der Waals surface area contributed by atoms with Crippen LogP contribution in [0.5, 0.6) is 0 Å². The molecule has 0 spiro atoms. The molecule has 1 aliphatic carbocycles. The van der Waals surface area contributed by atoms with E-state index in [2.05, 4.69) is 5.32 Å². The van der Waals surface area contributed by atoms with Gasteiger partial charge >= 0.3 is 11.9 Å². The Kier molecular flexibility index (Phi) is 7.06. The van der Waals surface area contributed by atoms with Crippen LogP contribution in [0.1, 0.15) is 45.1 Å². The van der Waals surface area contributed by atoms with Crippen LogP contribution in [-0.2, 0) is 23.9 Å². The third-order valence-corrected chi connectivity index (χ3v) is 6.14. The number of anilines is 1.